The van der Waals surface area contributed by atoms with Crippen LogP contribution in [0.15, 0.2) is 22.5 Å². The van der Waals surface area contributed by atoms with E-state index in [0.29, 0.717) is 0 Å². The first-order valence-corrected chi connectivity index (χ1v) is 9.06. The van der Waals surface area contributed by atoms with Crippen LogP contribution >= 0.6 is 11.3 Å². The zero-order valence-electron chi connectivity index (χ0n) is 12.9. The third kappa shape index (κ3) is 3.70. The summed E-state index contributed by atoms with van der Waals surface area (Å²) in [7, 11) is 0. The molecule has 3 rings (SSSR count). The summed E-state index contributed by atoms with van der Waals surface area (Å²) < 4.78 is 0. The zero-order chi connectivity index (χ0) is 14.5. The van der Waals surface area contributed by atoms with Gasteiger partial charge in [-0.25, -0.2) is 0 Å². The Kier molecular flexibility index (Phi) is 5.01. The molecule has 0 aromatic carbocycles. The largest absolute Gasteiger partial charge is 0.360 e. The highest BCUT2D eigenvalue weighted by Gasteiger charge is 2.21. The maximum Gasteiger partial charge on any atom is 0.194 e. The van der Waals surface area contributed by atoms with Crippen molar-refractivity contribution >= 4 is 22.3 Å². The molecule has 1 saturated carbocycles. The van der Waals surface area contributed by atoms with Crippen molar-refractivity contribution in [2.45, 2.75) is 26.2 Å². The maximum absolute atomic E-state index is 4.86. The van der Waals surface area contributed by atoms with E-state index in [1.807, 2.05) is 11.3 Å². The van der Waals surface area contributed by atoms with Crippen LogP contribution in [0.1, 0.15) is 26.2 Å². The predicted octanol–water partition coefficient (Wildman–Crippen LogP) is 2.64. The van der Waals surface area contributed by atoms with E-state index in [-0.39, 0.29) is 0 Å². The Labute approximate surface area is 131 Å². The fourth-order valence-corrected chi connectivity index (χ4v) is 3.69. The smallest absolute Gasteiger partial charge is 0.194 e. The van der Waals surface area contributed by atoms with Gasteiger partial charge in [0.05, 0.1) is 5.00 Å². The predicted molar refractivity (Wildman–Crippen MR) is 91.4 cm³/mol. The van der Waals surface area contributed by atoms with Gasteiger partial charge in [0.25, 0.3) is 0 Å². The summed E-state index contributed by atoms with van der Waals surface area (Å²) in [5.41, 5.74) is 0. The van der Waals surface area contributed by atoms with Gasteiger partial charge in [-0.2, -0.15) is 0 Å². The van der Waals surface area contributed by atoms with E-state index in [4.69, 9.17) is 4.99 Å². The Morgan fingerprint density at radius 1 is 1.33 bits per heavy atom. The Morgan fingerprint density at radius 3 is 2.71 bits per heavy atom. The maximum atomic E-state index is 4.86. The lowest BCUT2D eigenvalue weighted by Crippen LogP contribution is -2.52. The summed E-state index contributed by atoms with van der Waals surface area (Å²) >= 11 is 1.84. The van der Waals surface area contributed by atoms with E-state index >= 15 is 0 Å². The lowest BCUT2D eigenvalue weighted by molar-refractivity contribution is 0.320. The molecule has 21 heavy (non-hydrogen) atoms. The second kappa shape index (κ2) is 7.16. The zero-order valence-corrected chi connectivity index (χ0v) is 13.7. The minimum Gasteiger partial charge on any atom is -0.360 e. The van der Waals surface area contributed by atoms with Crippen LogP contribution in [0.4, 0.5) is 5.00 Å². The van der Waals surface area contributed by atoms with E-state index in [2.05, 4.69) is 39.6 Å². The van der Waals surface area contributed by atoms with Gasteiger partial charge >= 0.3 is 0 Å². The molecular formula is C16H26N4S. The monoisotopic (exact) mass is 306 g/mol. The molecule has 1 N–H and O–H groups in total. The lowest BCUT2D eigenvalue weighted by Gasteiger charge is -2.37. The highest BCUT2D eigenvalue weighted by Crippen LogP contribution is 2.26. The van der Waals surface area contributed by atoms with Crippen molar-refractivity contribution < 1.29 is 0 Å². The fourth-order valence-electron chi connectivity index (χ4n) is 2.91. The Bertz CT molecular complexity index is 445. The molecule has 1 aliphatic carbocycles. The second-order valence-electron chi connectivity index (χ2n) is 5.92. The van der Waals surface area contributed by atoms with Gasteiger partial charge in [-0.05, 0) is 43.2 Å². The number of thiophene rings is 1. The van der Waals surface area contributed by atoms with E-state index in [1.165, 1.54) is 24.3 Å². The number of hydrogen-bond acceptors (Lipinski definition) is 3. The van der Waals surface area contributed by atoms with Gasteiger partial charge in [-0.15, -0.1) is 11.3 Å². The average Bonchev–Trinajstić information content (AvgIpc) is 2.99. The van der Waals surface area contributed by atoms with Crippen LogP contribution in [0.2, 0.25) is 0 Å². The van der Waals surface area contributed by atoms with Gasteiger partial charge in [-0.1, -0.05) is 6.42 Å². The number of guanidine groups is 1. The van der Waals surface area contributed by atoms with Crippen molar-refractivity contribution in [3.05, 3.63) is 17.5 Å². The van der Waals surface area contributed by atoms with Crippen molar-refractivity contribution in [2.75, 3.05) is 44.2 Å². The van der Waals surface area contributed by atoms with Crippen molar-refractivity contribution in [2.24, 2.45) is 10.9 Å². The molecule has 0 amide bonds. The molecule has 0 radical (unpaired) electrons. The molecular weight excluding hydrogens is 280 g/mol. The molecule has 5 heteroatoms. The molecule has 2 heterocycles. The third-order valence-corrected chi connectivity index (χ3v) is 5.38. The summed E-state index contributed by atoms with van der Waals surface area (Å²) in [5.74, 6) is 1.96. The van der Waals surface area contributed by atoms with Gasteiger partial charge in [0.2, 0.25) is 0 Å². The van der Waals surface area contributed by atoms with Crippen molar-refractivity contribution in [1.29, 1.82) is 0 Å². The van der Waals surface area contributed by atoms with Gasteiger partial charge < -0.3 is 15.1 Å². The summed E-state index contributed by atoms with van der Waals surface area (Å²) in [5, 5.41) is 7.02. The average molecular weight is 306 g/mol. The number of hydrogen-bond donors (Lipinski definition) is 1. The van der Waals surface area contributed by atoms with Gasteiger partial charge in [0.15, 0.2) is 5.96 Å². The highest BCUT2D eigenvalue weighted by atomic mass is 32.1. The topological polar surface area (TPSA) is 30.9 Å². The van der Waals surface area contributed by atoms with Crippen LogP contribution in [0.25, 0.3) is 0 Å². The number of aliphatic imine (C=N–C) groups is 1. The molecule has 0 unspecified atom stereocenters. The molecule has 0 bridgehead atoms. The van der Waals surface area contributed by atoms with Gasteiger partial charge in [-0.3, -0.25) is 4.99 Å². The molecule has 1 aliphatic heterocycles. The number of piperazine rings is 1. The van der Waals surface area contributed by atoms with E-state index in [1.54, 1.807) is 0 Å². The molecule has 2 fully saturated rings. The van der Waals surface area contributed by atoms with E-state index < -0.39 is 0 Å². The molecule has 4 nitrogen and oxygen atoms in total. The summed E-state index contributed by atoms with van der Waals surface area (Å²) in [4.78, 5) is 9.77. The first-order chi connectivity index (χ1) is 10.4. The van der Waals surface area contributed by atoms with Crippen molar-refractivity contribution in [1.82, 2.24) is 10.2 Å². The summed E-state index contributed by atoms with van der Waals surface area (Å²) in [6, 6.07) is 4.35. The van der Waals surface area contributed by atoms with E-state index in [9.17, 15) is 0 Å². The highest BCUT2D eigenvalue weighted by molar-refractivity contribution is 7.14. The molecule has 1 aromatic heterocycles. The van der Waals surface area contributed by atoms with Crippen LogP contribution in [-0.4, -0.2) is 50.1 Å². The molecule has 1 aromatic rings. The number of anilines is 1. The number of rotatable bonds is 4. The van der Waals surface area contributed by atoms with Crippen LogP contribution in [0.5, 0.6) is 0 Å². The third-order valence-electron chi connectivity index (χ3n) is 4.46. The van der Waals surface area contributed by atoms with E-state index in [0.717, 1.165) is 51.1 Å². The molecule has 0 spiro atoms. The van der Waals surface area contributed by atoms with Crippen molar-refractivity contribution in [3.8, 4) is 0 Å². The van der Waals surface area contributed by atoms with Gasteiger partial charge in [0.1, 0.15) is 0 Å². The fraction of sp³-hybridized carbons (Fsp3) is 0.688. The second-order valence-corrected chi connectivity index (χ2v) is 6.84. The first kappa shape index (κ1) is 14.7. The van der Waals surface area contributed by atoms with Crippen LogP contribution in [0.3, 0.4) is 0 Å². The molecule has 0 atom stereocenters. The Hall–Kier alpha value is -1.23. The van der Waals surface area contributed by atoms with Crippen LogP contribution < -0.4 is 10.2 Å². The Morgan fingerprint density at radius 2 is 2.14 bits per heavy atom. The Balaban J connectivity index is 1.54. The normalized spacial score (nSPS) is 20.5. The van der Waals surface area contributed by atoms with Crippen LogP contribution in [0, 0.1) is 5.92 Å². The minimum atomic E-state index is 0.839. The van der Waals surface area contributed by atoms with Crippen molar-refractivity contribution in [3.63, 3.8) is 0 Å². The molecule has 116 valence electrons. The minimum absolute atomic E-state index is 0.839. The lowest BCUT2D eigenvalue weighted by atomic mass is 9.86. The summed E-state index contributed by atoms with van der Waals surface area (Å²) in [6.45, 7) is 8.42. The van der Waals surface area contributed by atoms with Gasteiger partial charge in [0, 0.05) is 39.3 Å². The standard InChI is InChI=1S/C16H26N4S/c1-2-17-16(18-13-14-5-3-6-14)20-10-8-19(9-11-20)15-7-4-12-21-15/h4,7,12,14H,2-3,5-6,8-11,13H2,1H3,(H,17,18). The SMILES string of the molecule is CCNC(=NCC1CCC1)N1CCN(c2cccs2)CC1. The number of nitrogens with one attached hydrogen (secondary N) is 1. The first-order valence-electron chi connectivity index (χ1n) is 8.18. The number of nitrogens with zero attached hydrogens (tertiary/aromatic N) is 3. The summed E-state index contributed by atoms with van der Waals surface area (Å²) in [6.07, 6.45) is 4.14. The quantitative estimate of drug-likeness (QED) is 0.685. The van der Waals surface area contributed by atoms with Crippen LogP contribution in [-0.2, 0) is 0 Å². The molecule has 2 aliphatic rings. The molecule has 1 saturated heterocycles.